The number of hydrogen-bond donors (Lipinski definition) is 3. The second kappa shape index (κ2) is 5.62. The van der Waals surface area contributed by atoms with Crippen LogP contribution in [0.25, 0.3) is 22.1 Å². The zero-order chi connectivity index (χ0) is 17.6. The number of H-pyrrole nitrogens is 1. The molecule has 0 saturated carbocycles. The summed E-state index contributed by atoms with van der Waals surface area (Å²) in [6.07, 6.45) is 0. The minimum atomic E-state index is -0.00268. The van der Waals surface area contributed by atoms with E-state index in [2.05, 4.69) is 22.0 Å². The third-order valence-corrected chi connectivity index (χ3v) is 4.52. The van der Waals surface area contributed by atoms with Gasteiger partial charge in [0.15, 0.2) is 5.84 Å². The topological polar surface area (TPSA) is 105 Å². The molecule has 2 heterocycles. The van der Waals surface area contributed by atoms with Crippen LogP contribution in [0.2, 0.25) is 0 Å². The molecular weight excluding hydrogens is 316 g/mol. The highest BCUT2D eigenvalue weighted by Crippen LogP contribution is 2.26. The molecular formula is C18H18N6O. The summed E-state index contributed by atoms with van der Waals surface area (Å²) in [5.41, 5.74) is 10.0. The summed E-state index contributed by atoms with van der Waals surface area (Å²) in [6.45, 7) is 2.07. The SMILES string of the molecule is CC(c1nc2ccccc2[nH]1)c1nc2cc(C(N)=NO)ccc2n1C. The van der Waals surface area contributed by atoms with Crippen molar-refractivity contribution in [1.82, 2.24) is 19.5 Å². The number of nitrogens with zero attached hydrogens (tertiary/aromatic N) is 4. The van der Waals surface area contributed by atoms with Crippen molar-refractivity contribution in [2.75, 3.05) is 0 Å². The van der Waals surface area contributed by atoms with E-state index >= 15 is 0 Å². The zero-order valence-corrected chi connectivity index (χ0v) is 13.9. The second-order valence-corrected chi connectivity index (χ2v) is 6.08. The lowest BCUT2D eigenvalue weighted by Crippen LogP contribution is -2.12. The number of nitrogens with two attached hydrogens (primary N) is 1. The Hall–Kier alpha value is -3.35. The van der Waals surface area contributed by atoms with Crippen molar-refractivity contribution >= 4 is 27.9 Å². The van der Waals surface area contributed by atoms with Gasteiger partial charge in [0.05, 0.1) is 28.0 Å². The van der Waals surface area contributed by atoms with Gasteiger partial charge in [0.1, 0.15) is 11.6 Å². The Kier molecular flexibility index (Phi) is 3.42. The highest BCUT2D eigenvalue weighted by atomic mass is 16.4. The number of aryl methyl sites for hydroxylation is 1. The molecule has 2 aromatic heterocycles. The van der Waals surface area contributed by atoms with Gasteiger partial charge in [0.25, 0.3) is 0 Å². The van der Waals surface area contributed by atoms with E-state index in [4.69, 9.17) is 15.9 Å². The maximum absolute atomic E-state index is 8.85. The number of rotatable bonds is 3. The first-order valence-electron chi connectivity index (χ1n) is 7.97. The van der Waals surface area contributed by atoms with Crippen LogP contribution in [0.4, 0.5) is 0 Å². The molecule has 0 aliphatic rings. The van der Waals surface area contributed by atoms with Crippen LogP contribution in [0.1, 0.15) is 30.1 Å². The van der Waals surface area contributed by atoms with E-state index in [0.29, 0.717) is 5.56 Å². The second-order valence-electron chi connectivity index (χ2n) is 6.08. The van der Waals surface area contributed by atoms with E-state index in [1.807, 2.05) is 54.1 Å². The lowest BCUT2D eigenvalue weighted by Gasteiger charge is -2.08. The van der Waals surface area contributed by atoms with Crippen LogP contribution in [0.15, 0.2) is 47.6 Å². The van der Waals surface area contributed by atoms with Gasteiger partial charge in [-0.3, -0.25) is 0 Å². The van der Waals surface area contributed by atoms with Crippen LogP contribution < -0.4 is 5.73 Å². The van der Waals surface area contributed by atoms with Crippen LogP contribution in [-0.2, 0) is 7.05 Å². The molecule has 0 saturated heterocycles. The molecule has 25 heavy (non-hydrogen) atoms. The third-order valence-electron chi connectivity index (χ3n) is 4.52. The van der Waals surface area contributed by atoms with E-state index in [0.717, 1.165) is 33.7 Å². The fourth-order valence-electron chi connectivity index (χ4n) is 3.12. The van der Waals surface area contributed by atoms with Gasteiger partial charge in [0, 0.05) is 12.6 Å². The van der Waals surface area contributed by atoms with Gasteiger partial charge in [-0.25, -0.2) is 9.97 Å². The fourth-order valence-corrected chi connectivity index (χ4v) is 3.12. The number of para-hydroxylation sites is 2. The minimum absolute atomic E-state index is 0.00268. The van der Waals surface area contributed by atoms with Gasteiger partial charge in [-0.05, 0) is 37.3 Å². The number of nitrogens with one attached hydrogen (secondary N) is 1. The monoisotopic (exact) mass is 334 g/mol. The summed E-state index contributed by atoms with van der Waals surface area (Å²) in [5.74, 6) is 1.83. The Labute approximate surface area is 143 Å². The summed E-state index contributed by atoms with van der Waals surface area (Å²) in [6, 6.07) is 13.5. The molecule has 4 aromatic rings. The molecule has 0 amide bonds. The number of oxime groups is 1. The van der Waals surface area contributed by atoms with Crippen molar-refractivity contribution in [2.24, 2.45) is 17.9 Å². The number of aromatic amines is 1. The lowest BCUT2D eigenvalue weighted by molar-refractivity contribution is 0.318. The molecule has 0 spiro atoms. The van der Waals surface area contributed by atoms with Crippen LogP contribution in [0.5, 0.6) is 0 Å². The summed E-state index contributed by atoms with van der Waals surface area (Å²) in [7, 11) is 1.98. The normalized spacial score (nSPS) is 13.6. The van der Waals surface area contributed by atoms with Crippen molar-refractivity contribution < 1.29 is 5.21 Å². The summed E-state index contributed by atoms with van der Waals surface area (Å²) >= 11 is 0. The number of benzene rings is 2. The average Bonchev–Trinajstić information content (AvgIpc) is 3.21. The third kappa shape index (κ3) is 2.40. The van der Waals surface area contributed by atoms with Crippen molar-refractivity contribution in [3.8, 4) is 0 Å². The quantitative estimate of drug-likeness (QED) is 0.232. The molecule has 0 radical (unpaired) electrons. The largest absolute Gasteiger partial charge is 0.409 e. The van der Waals surface area contributed by atoms with Crippen molar-refractivity contribution in [2.45, 2.75) is 12.8 Å². The number of hydrogen-bond acceptors (Lipinski definition) is 4. The van der Waals surface area contributed by atoms with Crippen molar-refractivity contribution in [3.05, 3.63) is 59.7 Å². The number of fused-ring (bicyclic) bond motifs is 2. The van der Waals surface area contributed by atoms with Crippen LogP contribution in [-0.4, -0.2) is 30.6 Å². The molecule has 4 N–H and O–H groups in total. The molecule has 126 valence electrons. The predicted octanol–water partition coefficient (Wildman–Crippen LogP) is 2.70. The molecule has 0 bridgehead atoms. The van der Waals surface area contributed by atoms with Gasteiger partial charge in [-0.1, -0.05) is 17.3 Å². The standard InChI is InChI=1S/C18H18N6O/c1-10(17-20-12-5-3-4-6-13(12)21-17)18-22-14-9-11(16(19)23-25)7-8-15(14)24(18)2/h3-10,25H,1-2H3,(H2,19,23)(H,20,21). The molecule has 0 fully saturated rings. The van der Waals surface area contributed by atoms with E-state index in [9.17, 15) is 0 Å². The molecule has 0 aliphatic heterocycles. The first-order valence-corrected chi connectivity index (χ1v) is 7.97. The summed E-state index contributed by atoms with van der Waals surface area (Å²) < 4.78 is 2.04. The molecule has 7 nitrogen and oxygen atoms in total. The Morgan fingerprint density at radius 1 is 1.20 bits per heavy atom. The maximum Gasteiger partial charge on any atom is 0.170 e. The maximum atomic E-state index is 8.85. The molecule has 2 aromatic carbocycles. The Bertz CT molecular complexity index is 1070. The van der Waals surface area contributed by atoms with Crippen LogP contribution in [0.3, 0.4) is 0 Å². The van der Waals surface area contributed by atoms with E-state index in [-0.39, 0.29) is 11.8 Å². The van der Waals surface area contributed by atoms with E-state index in [1.54, 1.807) is 0 Å². The fraction of sp³-hybridized carbons (Fsp3) is 0.167. The van der Waals surface area contributed by atoms with E-state index in [1.165, 1.54) is 0 Å². The number of aromatic nitrogens is 4. The number of imidazole rings is 2. The molecule has 1 atom stereocenters. The Morgan fingerprint density at radius 3 is 2.76 bits per heavy atom. The summed E-state index contributed by atoms with van der Waals surface area (Å²) in [5, 5.41) is 11.9. The van der Waals surface area contributed by atoms with Crippen LogP contribution in [0, 0.1) is 0 Å². The summed E-state index contributed by atoms with van der Waals surface area (Å²) in [4.78, 5) is 12.8. The highest BCUT2D eigenvalue weighted by Gasteiger charge is 2.19. The van der Waals surface area contributed by atoms with Crippen molar-refractivity contribution in [1.29, 1.82) is 0 Å². The minimum Gasteiger partial charge on any atom is -0.409 e. The van der Waals surface area contributed by atoms with Gasteiger partial charge >= 0.3 is 0 Å². The van der Waals surface area contributed by atoms with Crippen molar-refractivity contribution in [3.63, 3.8) is 0 Å². The molecule has 7 heteroatoms. The molecule has 1 unspecified atom stereocenters. The van der Waals surface area contributed by atoms with Gasteiger partial charge in [-0.15, -0.1) is 0 Å². The van der Waals surface area contributed by atoms with Gasteiger partial charge in [0.2, 0.25) is 0 Å². The van der Waals surface area contributed by atoms with Gasteiger partial charge in [-0.2, -0.15) is 0 Å². The van der Waals surface area contributed by atoms with Gasteiger partial charge < -0.3 is 20.5 Å². The first-order chi connectivity index (χ1) is 12.1. The lowest BCUT2D eigenvalue weighted by atomic mass is 10.1. The highest BCUT2D eigenvalue weighted by molar-refractivity contribution is 5.99. The Morgan fingerprint density at radius 2 is 2.00 bits per heavy atom. The smallest absolute Gasteiger partial charge is 0.170 e. The predicted molar refractivity (Wildman–Crippen MR) is 96.8 cm³/mol. The molecule has 0 aliphatic carbocycles. The molecule has 4 rings (SSSR count). The zero-order valence-electron chi connectivity index (χ0n) is 13.9. The Balaban J connectivity index is 1.81. The van der Waals surface area contributed by atoms with E-state index < -0.39 is 0 Å². The van der Waals surface area contributed by atoms with Crippen LogP contribution >= 0.6 is 0 Å². The first kappa shape index (κ1) is 15.2. The number of amidine groups is 1. The average molecular weight is 334 g/mol.